The Morgan fingerprint density at radius 2 is 2.05 bits per heavy atom. The van der Waals surface area contributed by atoms with E-state index < -0.39 is 0 Å². The highest BCUT2D eigenvalue weighted by Gasteiger charge is 2.12. The molecule has 108 valence electrons. The van der Waals surface area contributed by atoms with Gasteiger partial charge in [-0.05, 0) is 37.3 Å². The SMILES string of the molecule is C=C/C=C(\C=C/C)c1nncc(CCCC)c1CCC. The van der Waals surface area contributed by atoms with Crippen LogP contribution in [-0.2, 0) is 12.8 Å². The first-order valence-corrected chi connectivity index (χ1v) is 7.57. The number of hydrogen-bond acceptors (Lipinski definition) is 2. The molecule has 0 unspecified atom stereocenters. The molecule has 0 aliphatic carbocycles. The zero-order valence-electron chi connectivity index (χ0n) is 13.0. The van der Waals surface area contributed by atoms with E-state index >= 15 is 0 Å². The minimum Gasteiger partial charge on any atom is -0.158 e. The molecule has 2 heteroatoms. The van der Waals surface area contributed by atoms with E-state index in [0.717, 1.165) is 30.5 Å². The number of nitrogens with zero attached hydrogens (tertiary/aromatic N) is 2. The summed E-state index contributed by atoms with van der Waals surface area (Å²) < 4.78 is 0. The van der Waals surface area contributed by atoms with Gasteiger partial charge in [-0.2, -0.15) is 10.2 Å². The van der Waals surface area contributed by atoms with Crippen molar-refractivity contribution in [1.82, 2.24) is 10.2 Å². The lowest BCUT2D eigenvalue weighted by Crippen LogP contribution is -2.04. The number of unbranched alkanes of at least 4 members (excludes halogenated alkanes) is 1. The molecule has 20 heavy (non-hydrogen) atoms. The van der Waals surface area contributed by atoms with Gasteiger partial charge < -0.3 is 0 Å². The molecule has 1 aromatic rings. The van der Waals surface area contributed by atoms with Crippen LogP contribution in [0.15, 0.2) is 37.1 Å². The Morgan fingerprint density at radius 1 is 1.25 bits per heavy atom. The average Bonchev–Trinajstić information content (AvgIpc) is 2.46. The van der Waals surface area contributed by atoms with Gasteiger partial charge in [0, 0.05) is 5.57 Å². The lowest BCUT2D eigenvalue weighted by molar-refractivity contribution is 0.764. The molecule has 0 N–H and O–H groups in total. The highest BCUT2D eigenvalue weighted by Crippen LogP contribution is 2.23. The van der Waals surface area contributed by atoms with Gasteiger partial charge in [0.2, 0.25) is 0 Å². The van der Waals surface area contributed by atoms with Crippen molar-refractivity contribution in [2.45, 2.75) is 52.9 Å². The molecule has 0 fully saturated rings. The lowest BCUT2D eigenvalue weighted by atomic mass is 9.95. The fourth-order valence-corrected chi connectivity index (χ4v) is 2.31. The largest absolute Gasteiger partial charge is 0.158 e. The van der Waals surface area contributed by atoms with Crippen LogP contribution in [0.4, 0.5) is 0 Å². The molecule has 0 saturated heterocycles. The van der Waals surface area contributed by atoms with Crippen molar-refractivity contribution in [2.75, 3.05) is 0 Å². The Balaban J connectivity index is 3.29. The van der Waals surface area contributed by atoms with Crippen LogP contribution in [0.25, 0.3) is 5.57 Å². The number of aryl methyl sites for hydroxylation is 1. The molecule has 0 amide bonds. The van der Waals surface area contributed by atoms with Gasteiger partial charge in [0.1, 0.15) is 0 Å². The Bertz CT molecular complexity index is 484. The minimum absolute atomic E-state index is 1.01. The average molecular weight is 270 g/mol. The first-order chi connectivity index (χ1) is 9.78. The predicted molar refractivity (Wildman–Crippen MR) is 87.6 cm³/mol. The zero-order chi connectivity index (χ0) is 14.8. The Kier molecular flexibility index (Phi) is 7.56. The Hall–Kier alpha value is -1.70. The highest BCUT2D eigenvalue weighted by molar-refractivity contribution is 5.75. The molecule has 0 atom stereocenters. The van der Waals surface area contributed by atoms with Crippen molar-refractivity contribution >= 4 is 5.57 Å². The minimum atomic E-state index is 1.01. The van der Waals surface area contributed by atoms with Crippen molar-refractivity contribution in [3.05, 3.63) is 53.9 Å². The van der Waals surface area contributed by atoms with Crippen LogP contribution in [-0.4, -0.2) is 10.2 Å². The molecule has 0 radical (unpaired) electrons. The molecule has 0 saturated carbocycles. The molecule has 1 heterocycles. The second-order valence-corrected chi connectivity index (χ2v) is 4.91. The molecule has 0 bridgehead atoms. The highest BCUT2D eigenvalue weighted by atomic mass is 15.1. The second-order valence-electron chi connectivity index (χ2n) is 4.91. The van der Waals surface area contributed by atoms with E-state index in [-0.39, 0.29) is 0 Å². The molecular weight excluding hydrogens is 244 g/mol. The summed E-state index contributed by atoms with van der Waals surface area (Å²) in [5.74, 6) is 0. The first-order valence-electron chi connectivity index (χ1n) is 7.57. The van der Waals surface area contributed by atoms with Gasteiger partial charge >= 0.3 is 0 Å². The van der Waals surface area contributed by atoms with Gasteiger partial charge in [0.05, 0.1) is 11.9 Å². The zero-order valence-corrected chi connectivity index (χ0v) is 13.0. The maximum absolute atomic E-state index is 4.39. The quantitative estimate of drug-likeness (QED) is 0.627. The van der Waals surface area contributed by atoms with Gasteiger partial charge in [-0.3, -0.25) is 0 Å². The van der Waals surface area contributed by atoms with Gasteiger partial charge in [0.15, 0.2) is 0 Å². The normalized spacial score (nSPS) is 12.1. The van der Waals surface area contributed by atoms with E-state index in [1.807, 2.05) is 31.3 Å². The van der Waals surface area contributed by atoms with Crippen molar-refractivity contribution in [3.63, 3.8) is 0 Å². The van der Waals surface area contributed by atoms with Crippen molar-refractivity contribution in [3.8, 4) is 0 Å². The third-order valence-corrected chi connectivity index (χ3v) is 3.26. The third kappa shape index (κ3) is 4.44. The van der Waals surface area contributed by atoms with Crippen LogP contribution in [0.5, 0.6) is 0 Å². The summed E-state index contributed by atoms with van der Waals surface area (Å²) in [7, 11) is 0. The van der Waals surface area contributed by atoms with E-state index in [4.69, 9.17) is 0 Å². The smallest absolute Gasteiger partial charge is 0.0964 e. The molecule has 2 nitrogen and oxygen atoms in total. The summed E-state index contributed by atoms with van der Waals surface area (Å²) in [6.45, 7) is 10.2. The maximum Gasteiger partial charge on any atom is 0.0964 e. The molecule has 0 aromatic carbocycles. The van der Waals surface area contributed by atoms with Crippen LogP contribution in [0, 0.1) is 0 Å². The Labute approximate surface area is 123 Å². The standard InChI is InChI=1S/C18H26N2/c1-5-9-13-16-14-19-20-18(17(16)12-8-4)15(10-6-2)11-7-3/h6-7,10-11,14H,2,5,8-9,12-13H2,1,3-4H3/b11-7-,15-10+. The summed E-state index contributed by atoms with van der Waals surface area (Å²) in [6, 6.07) is 0. The van der Waals surface area contributed by atoms with Gasteiger partial charge in [-0.25, -0.2) is 0 Å². The van der Waals surface area contributed by atoms with Crippen LogP contribution >= 0.6 is 0 Å². The van der Waals surface area contributed by atoms with Crippen molar-refractivity contribution in [1.29, 1.82) is 0 Å². The Morgan fingerprint density at radius 3 is 2.65 bits per heavy atom. The van der Waals surface area contributed by atoms with Crippen LogP contribution in [0.3, 0.4) is 0 Å². The van der Waals surface area contributed by atoms with Crippen molar-refractivity contribution < 1.29 is 0 Å². The predicted octanol–water partition coefficient (Wildman–Crippen LogP) is 4.92. The summed E-state index contributed by atoms with van der Waals surface area (Å²) in [6.07, 6.45) is 15.5. The lowest BCUT2D eigenvalue weighted by Gasteiger charge is -2.13. The van der Waals surface area contributed by atoms with Crippen LogP contribution in [0.2, 0.25) is 0 Å². The molecule has 1 aromatic heterocycles. The number of allylic oxidation sites excluding steroid dienone is 5. The second kappa shape index (κ2) is 9.24. The van der Waals surface area contributed by atoms with Gasteiger partial charge in [0.25, 0.3) is 0 Å². The van der Waals surface area contributed by atoms with Gasteiger partial charge in [-0.15, -0.1) is 0 Å². The van der Waals surface area contributed by atoms with Crippen LogP contribution in [0.1, 0.15) is 56.9 Å². The van der Waals surface area contributed by atoms with Crippen molar-refractivity contribution in [2.24, 2.45) is 0 Å². The van der Waals surface area contributed by atoms with E-state index in [1.165, 1.54) is 24.0 Å². The summed E-state index contributed by atoms with van der Waals surface area (Å²) in [4.78, 5) is 0. The van der Waals surface area contributed by atoms with Crippen LogP contribution < -0.4 is 0 Å². The monoisotopic (exact) mass is 270 g/mol. The molecule has 0 aliphatic rings. The summed E-state index contributed by atoms with van der Waals surface area (Å²) in [5, 5.41) is 8.59. The van der Waals surface area contributed by atoms with E-state index in [1.54, 1.807) is 0 Å². The fraction of sp³-hybridized carbons (Fsp3) is 0.444. The van der Waals surface area contributed by atoms with E-state index in [2.05, 4.69) is 36.7 Å². The summed E-state index contributed by atoms with van der Waals surface area (Å²) >= 11 is 0. The first kappa shape index (κ1) is 16.4. The fourth-order valence-electron chi connectivity index (χ4n) is 2.31. The number of rotatable bonds is 8. The molecule has 0 spiro atoms. The molecule has 0 aliphatic heterocycles. The molecular formula is C18H26N2. The number of aromatic nitrogens is 2. The summed E-state index contributed by atoms with van der Waals surface area (Å²) in [5.41, 5.74) is 4.80. The number of hydrogen-bond donors (Lipinski definition) is 0. The van der Waals surface area contributed by atoms with Gasteiger partial charge in [-0.1, -0.05) is 57.6 Å². The topological polar surface area (TPSA) is 25.8 Å². The van der Waals surface area contributed by atoms with E-state index in [0.29, 0.717) is 0 Å². The maximum atomic E-state index is 4.39. The van der Waals surface area contributed by atoms with E-state index in [9.17, 15) is 0 Å². The third-order valence-electron chi connectivity index (χ3n) is 3.26. The molecule has 1 rings (SSSR count).